The monoisotopic (exact) mass is 304 g/mol. The van der Waals surface area contributed by atoms with Crippen molar-refractivity contribution in [3.8, 4) is 5.75 Å². The Morgan fingerprint density at radius 3 is 3.00 bits per heavy atom. The Morgan fingerprint density at radius 2 is 2.27 bits per heavy atom. The van der Waals surface area contributed by atoms with Crippen molar-refractivity contribution in [2.45, 2.75) is 38.1 Å². The molecule has 2 aliphatic heterocycles. The maximum absolute atomic E-state index is 12.0. The molecule has 5 atom stereocenters. The summed E-state index contributed by atoms with van der Waals surface area (Å²) in [5.41, 5.74) is 2.23. The molecule has 1 aromatic carbocycles. The molecule has 118 valence electrons. The van der Waals surface area contributed by atoms with E-state index in [1.54, 1.807) is 0 Å². The minimum Gasteiger partial charge on any atom is -0.489 e. The van der Waals surface area contributed by atoms with Gasteiger partial charge in [-0.15, -0.1) is 0 Å². The Kier molecular flexibility index (Phi) is 3.35. The van der Waals surface area contributed by atoms with Gasteiger partial charge >= 0.3 is 5.97 Å². The van der Waals surface area contributed by atoms with Crippen LogP contribution in [0.15, 0.2) is 18.2 Å². The molecule has 1 aliphatic carbocycles. The molecule has 2 fully saturated rings. The van der Waals surface area contributed by atoms with Gasteiger partial charge in [-0.25, -0.2) is 0 Å². The number of hydrogen-bond donors (Lipinski definition) is 0. The van der Waals surface area contributed by atoms with Crippen LogP contribution < -0.4 is 4.74 Å². The zero-order chi connectivity index (χ0) is 15.3. The number of fused-ring (bicyclic) bond motifs is 3. The standard InChI is InChI=1S/C17H20O5/c1-3-19-17(18)15-14-13-11(9(2)20-7-10-8-21-10)5-4-6-12(13)22-16(14)15/h4-6,9-10,14-16H,3,7-8H2,1-2H3/t9-,10+,14-,15-,16?/m1/s1. The fraction of sp³-hybridized carbons (Fsp3) is 0.588. The molecule has 4 rings (SSSR count). The van der Waals surface area contributed by atoms with Gasteiger partial charge in [0, 0.05) is 11.5 Å². The van der Waals surface area contributed by atoms with Gasteiger partial charge in [0.2, 0.25) is 0 Å². The van der Waals surface area contributed by atoms with Gasteiger partial charge in [-0.05, 0) is 25.5 Å². The summed E-state index contributed by atoms with van der Waals surface area (Å²) in [6.45, 7) is 5.67. The summed E-state index contributed by atoms with van der Waals surface area (Å²) in [6, 6.07) is 6.00. The topological polar surface area (TPSA) is 57.3 Å². The highest BCUT2D eigenvalue weighted by Crippen LogP contribution is 2.60. The van der Waals surface area contributed by atoms with E-state index in [9.17, 15) is 4.79 Å². The zero-order valence-corrected chi connectivity index (χ0v) is 12.8. The molecule has 2 heterocycles. The lowest BCUT2D eigenvalue weighted by atomic mass is 9.98. The molecule has 1 aromatic rings. The van der Waals surface area contributed by atoms with Crippen LogP contribution in [-0.2, 0) is 19.0 Å². The van der Waals surface area contributed by atoms with Gasteiger partial charge in [-0.1, -0.05) is 12.1 Å². The Bertz CT molecular complexity index is 595. The fourth-order valence-electron chi connectivity index (χ4n) is 3.32. The van der Waals surface area contributed by atoms with E-state index >= 15 is 0 Å². The van der Waals surface area contributed by atoms with Crippen molar-refractivity contribution >= 4 is 5.97 Å². The number of esters is 1. The quantitative estimate of drug-likeness (QED) is 0.595. The third kappa shape index (κ3) is 2.29. The van der Waals surface area contributed by atoms with Gasteiger partial charge in [0.1, 0.15) is 23.9 Å². The second kappa shape index (κ2) is 5.25. The van der Waals surface area contributed by atoms with Gasteiger partial charge < -0.3 is 18.9 Å². The largest absolute Gasteiger partial charge is 0.489 e. The van der Waals surface area contributed by atoms with Crippen LogP contribution in [0.25, 0.3) is 0 Å². The van der Waals surface area contributed by atoms with Crippen molar-refractivity contribution < 1.29 is 23.7 Å². The Balaban J connectivity index is 1.53. The summed E-state index contributed by atoms with van der Waals surface area (Å²) >= 11 is 0. The molecule has 1 unspecified atom stereocenters. The SMILES string of the molecule is CCOC(=O)[C@H]1C2Oc3cccc([C@@H](C)OC[C@H]4CO4)c3[C@@H]21. The molecule has 3 aliphatic rings. The molecule has 5 nitrogen and oxygen atoms in total. The van der Waals surface area contributed by atoms with Crippen LogP contribution in [0.4, 0.5) is 0 Å². The van der Waals surface area contributed by atoms with Crippen LogP contribution in [-0.4, -0.2) is 38.0 Å². The average Bonchev–Trinajstić information content (AvgIpc) is 3.42. The first kappa shape index (κ1) is 14.0. The molecule has 5 heteroatoms. The molecule has 1 saturated heterocycles. The van der Waals surface area contributed by atoms with Crippen molar-refractivity contribution in [1.29, 1.82) is 0 Å². The van der Waals surface area contributed by atoms with Crippen LogP contribution in [0.5, 0.6) is 5.75 Å². The highest BCUT2D eigenvalue weighted by atomic mass is 16.6. The van der Waals surface area contributed by atoms with Gasteiger partial charge in [-0.2, -0.15) is 0 Å². The second-order valence-electron chi connectivity index (χ2n) is 6.08. The number of epoxide rings is 1. The average molecular weight is 304 g/mol. The van der Waals surface area contributed by atoms with Crippen molar-refractivity contribution in [1.82, 2.24) is 0 Å². The number of carbonyl (C=O) groups is 1. The Hall–Kier alpha value is -1.59. The lowest BCUT2D eigenvalue weighted by Crippen LogP contribution is -2.14. The van der Waals surface area contributed by atoms with E-state index in [0.29, 0.717) is 13.2 Å². The zero-order valence-electron chi connectivity index (χ0n) is 12.8. The lowest BCUT2D eigenvalue weighted by Gasteiger charge is -2.17. The Morgan fingerprint density at radius 1 is 1.45 bits per heavy atom. The summed E-state index contributed by atoms with van der Waals surface area (Å²) in [5.74, 6) is 0.685. The highest BCUT2D eigenvalue weighted by Gasteiger charge is 2.64. The number of benzene rings is 1. The normalized spacial score (nSPS) is 31.7. The van der Waals surface area contributed by atoms with E-state index in [0.717, 1.165) is 23.5 Å². The predicted octanol–water partition coefficient (Wildman–Crippen LogP) is 2.20. The van der Waals surface area contributed by atoms with Crippen LogP contribution >= 0.6 is 0 Å². The molecule has 0 bridgehead atoms. The summed E-state index contributed by atoms with van der Waals surface area (Å²) in [5, 5.41) is 0. The summed E-state index contributed by atoms with van der Waals surface area (Å²) in [7, 11) is 0. The first-order chi connectivity index (χ1) is 10.7. The van der Waals surface area contributed by atoms with Gasteiger partial charge in [0.25, 0.3) is 0 Å². The van der Waals surface area contributed by atoms with Crippen molar-refractivity contribution in [3.05, 3.63) is 29.3 Å². The van der Waals surface area contributed by atoms with Gasteiger partial charge in [-0.3, -0.25) is 4.79 Å². The molecule has 0 amide bonds. The summed E-state index contributed by atoms with van der Waals surface area (Å²) < 4.78 is 22.1. The van der Waals surface area contributed by atoms with Crippen molar-refractivity contribution in [2.75, 3.05) is 19.8 Å². The molecule has 0 spiro atoms. The number of hydrogen-bond acceptors (Lipinski definition) is 5. The predicted molar refractivity (Wildman–Crippen MR) is 77.8 cm³/mol. The number of ether oxygens (including phenoxy) is 4. The first-order valence-corrected chi connectivity index (χ1v) is 7.90. The second-order valence-corrected chi connectivity index (χ2v) is 6.08. The highest BCUT2D eigenvalue weighted by molar-refractivity contribution is 5.81. The fourth-order valence-corrected chi connectivity index (χ4v) is 3.32. The van der Waals surface area contributed by atoms with Crippen LogP contribution in [0, 0.1) is 5.92 Å². The van der Waals surface area contributed by atoms with E-state index in [1.165, 1.54) is 0 Å². The first-order valence-electron chi connectivity index (χ1n) is 7.90. The molecule has 0 aromatic heterocycles. The smallest absolute Gasteiger partial charge is 0.313 e. The van der Waals surface area contributed by atoms with E-state index in [2.05, 4.69) is 6.07 Å². The summed E-state index contributed by atoms with van der Waals surface area (Å²) in [6.07, 6.45) is 0.149. The number of carbonyl (C=O) groups excluding carboxylic acids is 1. The molecule has 0 N–H and O–H groups in total. The van der Waals surface area contributed by atoms with Gasteiger partial charge in [0.15, 0.2) is 0 Å². The molecule has 0 radical (unpaired) electrons. The third-order valence-corrected chi connectivity index (χ3v) is 4.58. The van der Waals surface area contributed by atoms with E-state index in [1.807, 2.05) is 26.0 Å². The van der Waals surface area contributed by atoms with Crippen molar-refractivity contribution in [2.24, 2.45) is 5.92 Å². The van der Waals surface area contributed by atoms with E-state index in [4.69, 9.17) is 18.9 Å². The van der Waals surface area contributed by atoms with Gasteiger partial charge in [0.05, 0.1) is 25.9 Å². The van der Waals surface area contributed by atoms with E-state index < -0.39 is 0 Å². The Labute approximate surface area is 129 Å². The number of rotatable bonds is 6. The lowest BCUT2D eigenvalue weighted by molar-refractivity contribution is -0.145. The maximum Gasteiger partial charge on any atom is 0.313 e. The minimum absolute atomic E-state index is 0.0371. The summed E-state index contributed by atoms with van der Waals surface area (Å²) in [4.78, 5) is 12.0. The van der Waals surface area contributed by atoms with Crippen LogP contribution in [0.2, 0.25) is 0 Å². The van der Waals surface area contributed by atoms with Crippen molar-refractivity contribution in [3.63, 3.8) is 0 Å². The third-order valence-electron chi connectivity index (χ3n) is 4.58. The van der Waals surface area contributed by atoms with Crippen LogP contribution in [0.3, 0.4) is 0 Å². The minimum atomic E-state index is -0.160. The molecule has 1 saturated carbocycles. The van der Waals surface area contributed by atoms with Crippen LogP contribution in [0.1, 0.15) is 37.0 Å². The maximum atomic E-state index is 12.0. The van der Waals surface area contributed by atoms with E-state index in [-0.39, 0.29) is 36.1 Å². The molecule has 22 heavy (non-hydrogen) atoms. The molecular formula is C17H20O5. The molecular weight excluding hydrogens is 284 g/mol.